The highest BCUT2D eigenvalue weighted by atomic mass is 16.3. The normalized spacial score (nSPS) is 28.0. The van der Waals surface area contributed by atoms with Crippen LogP contribution in [0.5, 0.6) is 0 Å². The number of nitrogens with one attached hydrogen (secondary N) is 1. The Morgan fingerprint density at radius 1 is 1.20 bits per heavy atom. The van der Waals surface area contributed by atoms with Gasteiger partial charge in [0.15, 0.2) is 0 Å². The zero-order valence-electron chi connectivity index (χ0n) is 10.6. The van der Waals surface area contributed by atoms with E-state index in [-0.39, 0.29) is 6.10 Å². The molecule has 90 valence electrons. The molecule has 1 aliphatic rings. The first kappa shape index (κ1) is 13.0. The SMILES string of the molecule is CCC(C)(C)CNCC1CCC(O)CC1. The van der Waals surface area contributed by atoms with Gasteiger partial charge in [-0.3, -0.25) is 0 Å². The van der Waals surface area contributed by atoms with Crippen molar-refractivity contribution in [1.29, 1.82) is 0 Å². The molecular formula is C13H27NO. The van der Waals surface area contributed by atoms with Crippen molar-refractivity contribution in [3.05, 3.63) is 0 Å². The fraction of sp³-hybridized carbons (Fsp3) is 1.00. The quantitative estimate of drug-likeness (QED) is 0.735. The number of hydrogen-bond acceptors (Lipinski definition) is 2. The lowest BCUT2D eigenvalue weighted by Gasteiger charge is -2.28. The number of aliphatic hydroxyl groups excluding tert-OH is 1. The molecule has 1 aliphatic carbocycles. The van der Waals surface area contributed by atoms with E-state index in [9.17, 15) is 5.11 Å². The van der Waals surface area contributed by atoms with Crippen LogP contribution in [0, 0.1) is 11.3 Å². The molecule has 0 spiro atoms. The van der Waals surface area contributed by atoms with Crippen LogP contribution < -0.4 is 5.32 Å². The van der Waals surface area contributed by atoms with Crippen LogP contribution >= 0.6 is 0 Å². The van der Waals surface area contributed by atoms with Gasteiger partial charge in [0.05, 0.1) is 6.10 Å². The fourth-order valence-electron chi connectivity index (χ4n) is 2.09. The van der Waals surface area contributed by atoms with E-state index in [2.05, 4.69) is 26.1 Å². The van der Waals surface area contributed by atoms with E-state index in [0.29, 0.717) is 5.41 Å². The van der Waals surface area contributed by atoms with E-state index in [4.69, 9.17) is 0 Å². The van der Waals surface area contributed by atoms with Crippen molar-refractivity contribution in [3.63, 3.8) is 0 Å². The van der Waals surface area contributed by atoms with Gasteiger partial charge in [-0.05, 0) is 50.0 Å². The van der Waals surface area contributed by atoms with E-state index >= 15 is 0 Å². The predicted molar refractivity (Wildman–Crippen MR) is 64.9 cm³/mol. The molecule has 0 atom stereocenters. The van der Waals surface area contributed by atoms with Crippen LogP contribution in [-0.4, -0.2) is 24.3 Å². The predicted octanol–water partition coefficient (Wildman–Crippen LogP) is 2.56. The van der Waals surface area contributed by atoms with Gasteiger partial charge in [-0.1, -0.05) is 20.8 Å². The molecule has 2 nitrogen and oxygen atoms in total. The van der Waals surface area contributed by atoms with Gasteiger partial charge in [0, 0.05) is 6.54 Å². The van der Waals surface area contributed by atoms with E-state index in [1.54, 1.807) is 0 Å². The van der Waals surface area contributed by atoms with Crippen LogP contribution in [0.4, 0.5) is 0 Å². The number of rotatable bonds is 5. The molecule has 0 bridgehead atoms. The van der Waals surface area contributed by atoms with Gasteiger partial charge >= 0.3 is 0 Å². The van der Waals surface area contributed by atoms with Crippen LogP contribution in [0.3, 0.4) is 0 Å². The highest BCUT2D eigenvalue weighted by molar-refractivity contribution is 4.75. The molecule has 0 aromatic heterocycles. The molecule has 1 rings (SSSR count). The van der Waals surface area contributed by atoms with Gasteiger partial charge < -0.3 is 10.4 Å². The largest absolute Gasteiger partial charge is 0.393 e. The first-order valence-electron chi connectivity index (χ1n) is 6.42. The molecule has 1 fully saturated rings. The molecule has 15 heavy (non-hydrogen) atoms. The van der Waals surface area contributed by atoms with E-state index < -0.39 is 0 Å². The smallest absolute Gasteiger partial charge is 0.0540 e. The third-order valence-electron chi connectivity index (χ3n) is 3.81. The van der Waals surface area contributed by atoms with Crippen molar-refractivity contribution in [2.24, 2.45) is 11.3 Å². The van der Waals surface area contributed by atoms with Gasteiger partial charge in [0.1, 0.15) is 0 Å². The Bertz CT molecular complexity index is 171. The van der Waals surface area contributed by atoms with Crippen molar-refractivity contribution >= 4 is 0 Å². The maximum absolute atomic E-state index is 9.40. The number of hydrogen-bond donors (Lipinski definition) is 2. The molecule has 2 N–H and O–H groups in total. The van der Waals surface area contributed by atoms with Gasteiger partial charge in [-0.15, -0.1) is 0 Å². The average Bonchev–Trinajstić information content (AvgIpc) is 2.21. The summed E-state index contributed by atoms with van der Waals surface area (Å²) in [6, 6.07) is 0. The minimum atomic E-state index is -0.0201. The van der Waals surface area contributed by atoms with Gasteiger partial charge in [-0.25, -0.2) is 0 Å². The first-order valence-corrected chi connectivity index (χ1v) is 6.42. The van der Waals surface area contributed by atoms with Crippen LogP contribution in [0.25, 0.3) is 0 Å². The number of aliphatic hydroxyl groups is 1. The first-order chi connectivity index (χ1) is 7.03. The second kappa shape index (κ2) is 5.86. The maximum atomic E-state index is 9.40. The lowest BCUT2D eigenvalue weighted by Crippen LogP contribution is -2.34. The Morgan fingerprint density at radius 2 is 1.80 bits per heavy atom. The monoisotopic (exact) mass is 213 g/mol. The van der Waals surface area contributed by atoms with E-state index in [0.717, 1.165) is 31.8 Å². The van der Waals surface area contributed by atoms with Crippen LogP contribution in [0.2, 0.25) is 0 Å². The zero-order valence-corrected chi connectivity index (χ0v) is 10.6. The summed E-state index contributed by atoms with van der Waals surface area (Å²) in [6.07, 6.45) is 5.60. The Balaban J connectivity index is 2.10. The third-order valence-corrected chi connectivity index (χ3v) is 3.81. The van der Waals surface area contributed by atoms with Crippen LogP contribution in [-0.2, 0) is 0 Å². The molecule has 1 saturated carbocycles. The summed E-state index contributed by atoms with van der Waals surface area (Å²) in [6.45, 7) is 9.12. The molecule has 0 unspecified atom stereocenters. The molecule has 0 heterocycles. The Labute approximate surface area is 94.5 Å². The summed E-state index contributed by atoms with van der Waals surface area (Å²) in [7, 11) is 0. The van der Waals surface area contributed by atoms with Crippen molar-refractivity contribution in [1.82, 2.24) is 5.32 Å². The van der Waals surface area contributed by atoms with Gasteiger partial charge in [0.25, 0.3) is 0 Å². The van der Waals surface area contributed by atoms with Crippen LogP contribution in [0.1, 0.15) is 52.9 Å². The van der Waals surface area contributed by atoms with E-state index in [1.807, 2.05) is 0 Å². The van der Waals surface area contributed by atoms with Crippen LogP contribution in [0.15, 0.2) is 0 Å². The van der Waals surface area contributed by atoms with Crippen molar-refractivity contribution < 1.29 is 5.11 Å². The molecule has 2 heteroatoms. The summed E-state index contributed by atoms with van der Waals surface area (Å²) >= 11 is 0. The molecule has 0 aromatic carbocycles. The minimum Gasteiger partial charge on any atom is -0.393 e. The Hall–Kier alpha value is -0.0800. The summed E-state index contributed by atoms with van der Waals surface area (Å²) < 4.78 is 0. The summed E-state index contributed by atoms with van der Waals surface area (Å²) in [5.41, 5.74) is 0.425. The molecule has 0 aliphatic heterocycles. The molecular weight excluding hydrogens is 186 g/mol. The average molecular weight is 213 g/mol. The third kappa shape index (κ3) is 4.98. The highest BCUT2D eigenvalue weighted by Crippen LogP contribution is 2.24. The molecule has 0 radical (unpaired) electrons. The summed E-state index contributed by atoms with van der Waals surface area (Å²) in [5, 5.41) is 13.0. The van der Waals surface area contributed by atoms with Gasteiger partial charge in [-0.2, -0.15) is 0 Å². The molecule has 0 amide bonds. The lowest BCUT2D eigenvalue weighted by atomic mass is 9.86. The van der Waals surface area contributed by atoms with Gasteiger partial charge in [0.2, 0.25) is 0 Å². The van der Waals surface area contributed by atoms with Crippen molar-refractivity contribution in [2.75, 3.05) is 13.1 Å². The summed E-state index contributed by atoms with van der Waals surface area (Å²) in [4.78, 5) is 0. The van der Waals surface area contributed by atoms with Crippen molar-refractivity contribution in [2.45, 2.75) is 59.0 Å². The fourth-order valence-corrected chi connectivity index (χ4v) is 2.09. The molecule has 0 aromatic rings. The Morgan fingerprint density at radius 3 is 2.33 bits per heavy atom. The zero-order chi connectivity index (χ0) is 11.3. The topological polar surface area (TPSA) is 32.3 Å². The van der Waals surface area contributed by atoms with E-state index in [1.165, 1.54) is 19.3 Å². The lowest BCUT2D eigenvalue weighted by molar-refractivity contribution is 0.107. The standard InChI is InChI=1S/C13H27NO/c1-4-13(2,3)10-14-9-11-5-7-12(15)8-6-11/h11-12,14-15H,4-10H2,1-3H3. The van der Waals surface area contributed by atoms with Crippen molar-refractivity contribution in [3.8, 4) is 0 Å². The maximum Gasteiger partial charge on any atom is 0.0540 e. The minimum absolute atomic E-state index is 0.0201. The molecule has 0 saturated heterocycles. The summed E-state index contributed by atoms with van der Waals surface area (Å²) in [5.74, 6) is 0.793. The second-order valence-electron chi connectivity index (χ2n) is 5.82. The Kier molecular flexibility index (Phi) is 5.07. The second-order valence-corrected chi connectivity index (χ2v) is 5.82. The highest BCUT2D eigenvalue weighted by Gasteiger charge is 2.20.